The third-order valence-electron chi connectivity index (χ3n) is 2.88. The molecule has 0 bridgehead atoms. The van der Waals surface area contributed by atoms with Gasteiger partial charge in [-0.1, -0.05) is 38.8 Å². The molecular weight excluding hydrogens is 361 g/mol. The van der Waals surface area contributed by atoms with Gasteiger partial charge in [0.25, 0.3) is 0 Å². The minimum Gasteiger partial charge on any atom is -0.488 e. The van der Waals surface area contributed by atoms with E-state index in [0.29, 0.717) is 16.3 Å². The number of hydrogen-bond donors (Lipinski definition) is 1. The molecule has 6 heteroatoms. The van der Waals surface area contributed by atoms with Gasteiger partial charge in [-0.05, 0) is 37.3 Å². The number of benzene rings is 2. The molecule has 0 saturated carbocycles. The van der Waals surface area contributed by atoms with Crippen molar-refractivity contribution in [3.8, 4) is 5.75 Å². The Labute approximate surface area is 135 Å². The molecule has 0 aliphatic carbocycles. The summed E-state index contributed by atoms with van der Waals surface area (Å²) in [5.74, 6) is -0.00675. The molecule has 0 spiro atoms. The summed E-state index contributed by atoms with van der Waals surface area (Å²) in [5.41, 5.74) is 1.46. The lowest BCUT2D eigenvalue weighted by Gasteiger charge is -2.12. The van der Waals surface area contributed by atoms with Gasteiger partial charge in [-0.3, -0.25) is 0 Å². The molecule has 21 heavy (non-hydrogen) atoms. The van der Waals surface area contributed by atoms with E-state index in [4.69, 9.17) is 21.5 Å². The Hall–Kier alpha value is -1.59. The zero-order chi connectivity index (χ0) is 15.4. The van der Waals surface area contributed by atoms with Gasteiger partial charge >= 0.3 is 0 Å². The van der Waals surface area contributed by atoms with Crippen LogP contribution in [0, 0.1) is 5.82 Å². The Kier molecular flexibility index (Phi) is 5.20. The Morgan fingerprint density at radius 1 is 1.33 bits per heavy atom. The Balaban J connectivity index is 2.24. The van der Waals surface area contributed by atoms with Crippen molar-refractivity contribution in [1.29, 1.82) is 0 Å². The van der Waals surface area contributed by atoms with Crippen molar-refractivity contribution in [2.24, 2.45) is 5.16 Å². The normalized spacial score (nSPS) is 11.5. The van der Waals surface area contributed by atoms with Crippen LogP contribution in [0.3, 0.4) is 0 Å². The first kappa shape index (κ1) is 15.8. The monoisotopic (exact) mass is 371 g/mol. The predicted molar refractivity (Wildman–Crippen MR) is 83.9 cm³/mol. The molecular formula is C15H12BrClFNO2. The Bertz CT molecular complexity index is 691. The Morgan fingerprint density at radius 3 is 2.76 bits per heavy atom. The van der Waals surface area contributed by atoms with Crippen molar-refractivity contribution >= 4 is 33.2 Å². The van der Waals surface area contributed by atoms with E-state index in [2.05, 4.69) is 21.1 Å². The number of halogens is 3. The summed E-state index contributed by atoms with van der Waals surface area (Å²) in [6.07, 6.45) is 0. The topological polar surface area (TPSA) is 41.8 Å². The molecule has 0 heterocycles. The highest BCUT2D eigenvalue weighted by Gasteiger charge is 2.10. The van der Waals surface area contributed by atoms with Gasteiger partial charge in [0, 0.05) is 20.6 Å². The third-order valence-corrected chi connectivity index (χ3v) is 3.72. The lowest BCUT2D eigenvalue weighted by atomic mass is 10.1. The lowest BCUT2D eigenvalue weighted by molar-refractivity contribution is 0.303. The number of nitrogens with zero attached hydrogens (tertiary/aromatic N) is 1. The van der Waals surface area contributed by atoms with E-state index in [0.717, 1.165) is 10.0 Å². The SMILES string of the molecule is C/C(=N/O)c1cc(F)ccc1OCc1ccc(Br)cc1Cl. The molecule has 0 aliphatic rings. The van der Waals surface area contributed by atoms with Crippen LogP contribution in [0.4, 0.5) is 4.39 Å². The molecule has 3 nitrogen and oxygen atoms in total. The smallest absolute Gasteiger partial charge is 0.129 e. The standard InChI is InChI=1S/C15H12BrClFNO2/c1-9(19-20)13-7-12(18)4-5-15(13)21-8-10-2-3-11(16)6-14(10)17/h2-7,20H,8H2,1H3/b19-9-. The Morgan fingerprint density at radius 2 is 2.10 bits per heavy atom. The first-order valence-corrected chi connectivity index (χ1v) is 7.23. The highest BCUT2D eigenvalue weighted by Crippen LogP contribution is 2.25. The average molecular weight is 373 g/mol. The first-order chi connectivity index (χ1) is 10.0. The molecule has 0 amide bonds. The molecule has 2 rings (SSSR count). The molecule has 0 aliphatic heterocycles. The second-order valence-electron chi connectivity index (χ2n) is 4.35. The van der Waals surface area contributed by atoms with Crippen molar-refractivity contribution in [2.75, 3.05) is 0 Å². The van der Waals surface area contributed by atoms with E-state index in [1.807, 2.05) is 12.1 Å². The zero-order valence-corrected chi connectivity index (χ0v) is 13.4. The molecule has 110 valence electrons. The molecule has 0 atom stereocenters. The van der Waals surface area contributed by atoms with Crippen LogP contribution in [0.25, 0.3) is 0 Å². The van der Waals surface area contributed by atoms with E-state index in [-0.39, 0.29) is 12.3 Å². The van der Waals surface area contributed by atoms with Gasteiger partial charge in [-0.25, -0.2) is 4.39 Å². The maximum Gasteiger partial charge on any atom is 0.129 e. The van der Waals surface area contributed by atoms with E-state index in [1.54, 1.807) is 13.0 Å². The summed E-state index contributed by atoms with van der Waals surface area (Å²) in [7, 11) is 0. The van der Waals surface area contributed by atoms with Crippen molar-refractivity contribution in [3.63, 3.8) is 0 Å². The van der Waals surface area contributed by atoms with E-state index < -0.39 is 5.82 Å². The second kappa shape index (κ2) is 6.91. The molecule has 0 aromatic heterocycles. The van der Waals surface area contributed by atoms with Gasteiger partial charge in [-0.2, -0.15) is 0 Å². The predicted octanol–water partition coefficient (Wildman–Crippen LogP) is 5.02. The minimum absolute atomic E-state index is 0.226. The summed E-state index contributed by atoms with van der Waals surface area (Å²) in [4.78, 5) is 0. The van der Waals surface area contributed by atoms with Crippen molar-refractivity contribution < 1.29 is 14.3 Å². The van der Waals surface area contributed by atoms with E-state index >= 15 is 0 Å². The van der Waals surface area contributed by atoms with Gasteiger partial charge < -0.3 is 9.94 Å². The quantitative estimate of drug-likeness (QED) is 0.465. The highest BCUT2D eigenvalue weighted by atomic mass is 79.9. The fraction of sp³-hybridized carbons (Fsp3) is 0.133. The summed E-state index contributed by atoms with van der Waals surface area (Å²) >= 11 is 9.45. The molecule has 0 radical (unpaired) electrons. The van der Waals surface area contributed by atoms with Crippen LogP contribution in [-0.2, 0) is 6.61 Å². The number of hydrogen-bond acceptors (Lipinski definition) is 3. The molecule has 2 aromatic carbocycles. The largest absolute Gasteiger partial charge is 0.488 e. The van der Waals surface area contributed by atoms with Gasteiger partial charge in [0.15, 0.2) is 0 Å². The molecule has 2 aromatic rings. The van der Waals surface area contributed by atoms with Crippen molar-refractivity contribution in [1.82, 2.24) is 0 Å². The van der Waals surface area contributed by atoms with Gasteiger partial charge in [-0.15, -0.1) is 0 Å². The second-order valence-corrected chi connectivity index (χ2v) is 5.67. The summed E-state index contributed by atoms with van der Waals surface area (Å²) < 4.78 is 19.8. The van der Waals surface area contributed by atoms with E-state index in [1.165, 1.54) is 18.2 Å². The van der Waals surface area contributed by atoms with Crippen LogP contribution < -0.4 is 4.74 Å². The fourth-order valence-corrected chi connectivity index (χ4v) is 2.49. The highest BCUT2D eigenvalue weighted by molar-refractivity contribution is 9.10. The van der Waals surface area contributed by atoms with Crippen LogP contribution in [0.2, 0.25) is 5.02 Å². The van der Waals surface area contributed by atoms with Crippen molar-refractivity contribution in [2.45, 2.75) is 13.5 Å². The molecule has 0 fully saturated rings. The summed E-state index contributed by atoms with van der Waals surface area (Å²) in [6, 6.07) is 9.50. The van der Waals surface area contributed by atoms with Crippen LogP contribution in [0.1, 0.15) is 18.1 Å². The van der Waals surface area contributed by atoms with Crippen LogP contribution in [0.15, 0.2) is 46.0 Å². The summed E-state index contributed by atoms with van der Waals surface area (Å²) in [5, 5.41) is 12.5. The fourth-order valence-electron chi connectivity index (χ4n) is 1.76. The van der Waals surface area contributed by atoms with Crippen LogP contribution >= 0.6 is 27.5 Å². The molecule has 0 saturated heterocycles. The van der Waals surface area contributed by atoms with Gasteiger partial charge in [0.2, 0.25) is 0 Å². The lowest BCUT2D eigenvalue weighted by Crippen LogP contribution is -2.03. The number of oxime groups is 1. The maximum absolute atomic E-state index is 13.3. The number of ether oxygens (including phenoxy) is 1. The van der Waals surface area contributed by atoms with Crippen LogP contribution in [0.5, 0.6) is 5.75 Å². The average Bonchev–Trinajstić information content (AvgIpc) is 2.46. The van der Waals surface area contributed by atoms with Gasteiger partial charge in [0.1, 0.15) is 18.2 Å². The molecule has 1 N–H and O–H groups in total. The number of rotatable bonds is 4. The maximum atomic E-state index is 13.3. The summed E-state index contributed by atoms with van der Waals surface area (Å²) in [6.45, 7) is 1.79. The van der Waals surface area contributed by atoms with Crippen molar-refractivity contribution in [3.05, 3.63) is 62.8 Å². The third kappa shape index (κ3) is 3.95. The minimum atomic E-state index is -0.429. The van der Waals surface area contributed by atoms with Gasteiger partial charge in [0.05, 0.1) is 5.71 Å². The zero-order valence-electron chi connectivity index (χ0n) is 11.1. The molecule has 0 unspecified atom stereocenters. The van der Waals surface area contributed by atoms with E-state index in [9.17, 15) is 4.39 Å². The first-order valence-electron chi connectivity index (χ1n) is 6.06. The van der Waals surface area contributed by atoms with Crippen LogP contribution in [-0.4, -0.2) is 10.9 Å².